The Hall–Kier alpha value is -6.54. The average Bonchev–Trinajstić information content (AvgIpc) is 0.848. The van der Waals surface area contributed by atoms with E-state index in [2.05, 4.69) is 26.0 Å². The third kappa shape index (κ3) is 23.6. The van der Waals surface area contributed by atoms with E-state index in [1.165, 1.54) is 84.8 Å². The molecule has 1 fully saturated rings. The van der Waals surface area contributed by atoms with Crippen molar-refractivity contribution in [1.29, 1.82) is 0 Å². The van der Waals surface area contributed by atoms with Crippen molar-refractivity contribution in [1.82, 2.24) is 55.6 Å². The maximum atomic E-state index is 15.2. The molecule has 0 spiro atoms. The highest BCUT2D eigenvalue weighted by Crippen LogP contribution is 2.26. The smallest absolute Gasteiger partial charge is 0.389 e. The van der Waals surface area contributed by atoms with Crippen LogP contribution < -0.4 is 21.3 Å². The Kier molecular flexibility index (Phi) is 33.6. The van der Waals surface area contributed by atoms with E-state index in [1.807, 2.05) is 55.4 Å². The van der Waals surface area contributed by atoms with Crippen molar-refractivity contribution in [2.45, 2.75) is 235 Å². The highest BCUT2D eigenvalue weighted by atomic mass is 19.3. The van der Waals surface area contributed by atoms with Crippen LogP contribution in [0.4, 0.5) is 8.78 Å². The summed E-state index contributed by atoms with van der Waals surface area (Å²) in [5.74, 6) is -12.4. The van der Waals surface area contributed by atoms with E-state index in [1.54, 1.807) is 34.6 Å². The summed E-state index contributed by atoms with van der Waals surface area (Å²) in [6, 6.07) is -13.1. The fourth-order valence-electron chi connectivity index (χ4n) is 11.1. The summed E-state index contributed by atoms with van der Waals surface area (Å²) < 4.78 is 29.7. The Balaban J connectivity index is 4.35. The summed E-state index contributed by atoms with van der Waals surface area (Å²) >= 11 is 0. The third-order valence-corrected chi connectivity index (χ3v) is 16.6. The summed E-state index contributed by atoms with van der Waals surface area (Å²) in [6.45, 7) is 23.3. The minimum Gasteiger partial charge on any atom is -0.403 e. The van der Waals surface area contributed by atoms with Crippen molar-refractivity contribution in [2.75, 3.05) is 55.9 Å². The van der Waals surface area contributed by atoms with Crippen LogP contribution in [-0.4, -0.2) is 239 Å². The molecule has 0 aromatic carbocycles. The number of hydrogen-bond acceptors (Lipinski definition) is 14. The van der Waals surface area contributed by atoms with Gasteiger partial charge in [-0.1, -0.05) is 96.9 Å². The lowest BCUT2D eigenvalue weighted by Crippen LogP contribution is -2.63. The van der Waals surface area contributed by atoms with Crippen LogP contribution in [0.2, 0.25) is 0 Å². The van der Waals surface area contributed by atoms with Crippen LogP contribution in [0.1, 0.15) is 162 Å². The lowest BCUT2D eigenvalue weighted by molar-refractivity contribution is -0.176. The predicted molar refractivity (Wildman–Crippen MR) is 335 cm³/mol. The first kappa shape index (κ1) is 81.5. The molecule has 1 aliphatic rings. The van der Waals surface area contributed by atoms with Crippen LogP contribution in [-0.2, 0) is 62.3 Å². The number of alkyl halides is 2. The van der Waals surface area contributed by atoms with Gasteiger partial charge in [0.15, 0.2) is 0 Å². The number of nitrogens with one attached hydrogen (secondary N) is 4. The Morgan fingerprint density at radius 3 is 1.38 bits per heavy atom. The van der Waals surface area contributed by atoms with Gasteiger partial charge in [0, 0.05) is 55.8 Å². The number of esters is 1. The van der Waals surface area contributed by atoms with Gasteiger partial charge in [0.2, 0.25) is 65.0 Å². The molecule has 1 aliphatic heterocycles. The van der Waals surface area contributed by atoms with Crippen LogP contribution in [0.3, 0.4) is 0 Å². The molecular formula is C63H111F2N11O14. The molecule has 0 bridgehead atoms. The van der Waals surface area contributed by atoms with E-state index < -0.39 is 175 Å². The number of halogens is 2. The first-order valence-electron chi connectivity index (χ1n) is 31.7. The van der Waals surface area contributed by atoms with Gasteiger partial charge < -0.3 is 65.4 Å². The summed E-state index contributed by atoms with van der Waals surface area (Å²) in [4.78, 5) is 181. The number of amides is 11. The number of aliphatic hydroxyl groups excluding tert-OH is 1. The van der Waals surface area contributed by atoms with E-state index in [9.17, 15) is 61.8 Å². The molecule has 27 heteroatoms. The Morgan fingerprint density at radius 1 is 0.500 bits per heavy atom. The van der Waals surface area contributed by atoms with Crippen LogP contribution in [0.25, 0.3) is 0 Å². The second-order valence-electron chi connectivity index (χ2n) is 26.9. The normalized spacial score (nSPS) is 26.0. The Labute approximate surface area is 533 Å². The molecule has 1 heterocycles. The van der Waals surface area contributed by atoms with Crippen LogP contribution in [0.15, 0.2) is 0 Å². The second-order valence-corrected chi connectivity index (χ2v) is 26.9. The molecule has 0 saturated carbocycles. The Bertz CT molecular complexity index is 2470. The Morgan fingerprint density at radius 2 is 0.922 bits per heavy atom. The number of likely N-dealkylation sites (N-methyl/N-ethyl adjacent to an activating group) is 7. The van der Waals surface area contributed by atoms with Gasteiger partial charge in [0.25, 0.3) is 0 Å². The molecule has 516 valence electrons. The number of carbonyl (C=O) groups excluding carboxylic acids is 12. The van der Waals surface area contributed by atoms with Crippen molar-refractivity contribution in [3.8, 4) is 0 Å². The van der Waals surface area contributed by atoms with Crippen molar-refractivity contribution >= 4 is 70.9 Å². The molecule has 0 radical (unpaired) electrons. The topological polar surface area (TPSA) is 305 Å². The maximum absolute atomic E-state index is 15.2. The zero-order valence-electron chi connectivity index (χ0n) is 58.0. The minimum atomic E-state index is -3.36. The van der Waals surface area contributed by atoms with Gasteiger partial charge in [-0.05, 0) is 100 Å². The van der Waals surface area contributed by atoms with Gasteiger partial charge in [0.05, 0.1) is 12.6 Å². The molecule has 0 aromatic heterocycles. The minimum absolute atomic E-state index is 0.0486. The van der Waals surface area contributed by atoms with Crippen molar-refractivity contribution in [2.24, 2.45) is 41.4 Å². The largest absolute Gasteiger partial charge is 0.403 e. The zero-order valence-corrected chi connectivity index (χ0v) is 58.0. The van der Waals surface area contributed by atoms with Gasteiger partial charge in [-0.25, -0.2) is 0 Å². The lowest BCUT2D eigenvalue weighted by Gasteiger charge is -2.41. The summed E-state index contributed by atoms with van der Waals surface area (Å²) in [5, 5.41) is 23.0. The van der Waals surface area contributed by atoms with Gasteiger partial charge in [-0.2, -0.15) is 8.78 Å². The van der Waals surface area contributed by atoms with E-state index in [-0.39, 0.29) is 68.6 Å². The quantitative estimate of drug-likeness (QED) is 0.123. The molecule has 12 atom stereocenters. The first-order valence-corrected chi connectivity index (χ1v) is 31.7. The molecular weight excluding hydrogens is 1170 g/mol. The molecule has 5 N–H and O–H groups in total. The second kappa shape index (κ2) is 37.1. The first-order chi connectivity index (χ1) is 41.5. The number of hydrogen-bond donors (Lipinski definition) is 5. The maximum Gasteiger partial charge on any atom is 0.389 e. The number of ether oxygens (including phenoxy) is 1. The molecule has 1 rings (SSSR count). The van der Waals surface area contributed by atoms with Crippen molar-refractivity contribution in [3.05, 3.63) is 0 Å². The molecule has 0 aliphatic carbocycles. The molecule has 0 unspecified atom stereocenters. The zero-order chi connectivity index (χ0) is 69.8. The van der Waals surface area contributed by atoms with E-state index >= 15 is 9.59 Å². The highest BCUT2D eigenvalue weighted by molar-refractivity contribution is 5.99. The van der Waals surface area contributed by atoms with Gasteiger partial charge in [-0.3, -0.25) is 57.5 Å². The fourth-order valence-corrected chi connectivity index (χ4v) is 11.1. The van der Waals surface area contributed by atoms with Crippen LogP contribution in [0, 0.1) is 41.4 Å². The number of carbonyl (C=O) groups is 12. The van der Waals surface area contributed by atoms with Gasteiger partial charge in [-0.15, -0.1) is 0 Å². The number of aliphatic hydroxyl groups is 1. The standard InChI is InChI=1S/C63H111F2N11O14/c1-24-42-58(85)70(17)32-47(77)71(18)43(28-33(2)3)55(82)69-49(37(10)11)61(88)72(19)44(29-34(4)5)54(81)66-40(15)53(80)67-41(16)57(84)73(20)45(30-35(6)7)59(86)74(21)46(31-36(8)9)60(87)75(22)50(38(12)13)62(89)76(23)51(56(83)68-42)52(79)39(14)26-25-27-48(78)90-63(64)65/h33-46,49-52,63,79H,24-32H2,1-23H3,(H,66,81)(H,67,80)(H,68,83)(H,69,82)/t39-,40+,41-,42+,43+,44+,45+,46+,49+,50+,51+,52-/m1/s1. The molecule has 25 nitrogen and oxygen atoms in total. The lowest BCUT2D eigenvalue weighted by atomic mass is 9.90. The number of rotatable bonds is 18. The van der Waals surface area contributed by atoms with E-state index in [0.29, 0.717) is 0 Å². The summed E-state index contributed by atoms with van der Waals surface area (Å²) in [7, 11) is 9.48. The van der Waals surface area contributed by atoms with Gasteiger partial charge >= 0.3 is 12.6 Å². The van der Waals surface area contributed by atoms with E-state index in [4.69, 9.17) is 0 Å². The van der Waals surface area contributed by atoms with Crippen molar-refractivity contribution < 1.29 is 76.2 Å². The summed E-state index contributed by atoms with van der Waals surface area (Å²) in [6.07, 6.45) is -2.04. The molecule has 90 heavy (non-hydrogen) atoms. The SMILES string of the molecule is CC[C@@H]1NC(=O)[C@H]([C@H](O)[C@H](C)CCCC(=O)OC(F)F)N(C)C(=O)[C@H](C(C)C)N(C)C(=O)[C@H](CC(C)C)N(C)C(=O)[C@H](CC(C)C)N(C)C(=O)[C@@H](C)NC(=O)[C@H](C)NC(=O)[C@H](CC(C)C)N(C)C(=O)[C@H](C(C)C)NC(=O)[C@H](CC(C)C)N(C)C(=O)CN(C)C1=O. The molecule has 11 amide bonds. The monoisotopic (exact) mass is 1280 g/mol. The van der Waals surface area contributed by atoms with Gasteiger partial charge in [0.1, 0.15) is 60.4 Å². The third-order valence-electron chi connectivity index (χ3n) is 16.6. The molecule has 0 aromatic rings. The highest BCUT2D eigenvalue weighted by Gasteiger charge is 2.46. The van der Waals surface area contributed by atoms with Crippen LogP contribution in [0.5, 0.6) is 0 Å². The predicted octanol–water partition coefficient (Wildman–Crippen LogP) is 3.24. The number of nitrogens with zero attached hydrogens (tertiary/aromatic N) is 7. The summed E-state index contributed by atoms with van der Waals surface area (Å²) in [5.41, 5.74) is 0. The average molecular weight is 1280 g/mol. The van der Waals surface area contributed by atoms with Crippen molar-refractivity contribution in [3.63, 3.8) is 0 Å². The van der Waals surface area contributed by atoms with Crippen LogP contribution >= 0.6 is 0 Å². The molecule has 1 saturated heterocycles. The van der Waals surface area contributed by atoms with E-state index in [0.717, 1.165) is 19.6 Å². The fraction of sp³-hybridized carbons (Fsp3) is 0.810.